The number of amides is 1. The van der Waals surface area contributed by atoms with Crippen molar-refractivity contribution in [2.75, 3.05) is 20.3 Å². The Hall–Kier alpha value is -2.90. The average Bonchev–Trinajstić information content (AvgIpc) is 2.96. The van der Waals surface area contributed by atoms with Crippen molar-refractivity contribution in [2.45, 2.75) is 12.5 Å². The van der Waals surface area contributed by atoms with E-state index in [0.29, 0.717) is 10.6 Å². The normalized spacial score (nSPS) is 18.3. The zero-order chi connectivity index (χ0) is 21.1. The van der Waals surface area contributed by atoms with Crippen LogP contribution in [0.4, 0.5) is 4.39 Å². The number of rotatable bonds is 6. The summed E-state index contributed by atoms with van der Waals surface area (Å²) in [4.78, 5) is 26.6. The van der Waals surface area contributed by atoms with Crippen LogP contribution in [0.1, 0.15) is 23.6 Å². The number of carbonyl (C=O) groups excluding carboxylic acids is 2. The van der Waals surface area contributed by atoms with Crippen LogP contribution in [-0.4, -0.2) is 47.1 Å². The number of ether oxygens (including phenoxy) is 1. The van der Waals surface area contributed by atoms with Gasteiger partial charge in [-0.05, 0) is 42.3 Å². The third-order valence-corrected chi connectivity index (χ3v) is 4.92. The molecule has 1 saturated heterocycles. The van der Waals surface area contributed by atoms with Crippen molar-refractivity contribution < 1.29 is 28.9 Å². The van der Waals surface area contributed by atoms with Crippen LogP contribution < -0.4 is 4.74 Å². The molecule has 0 aromatic heterocycles. The van der Waals surface area contributed by atoms with E-state index in [0.717, 1.165) is 6.07 Å². The lowest BCUT2D eigenvalue weighted by molar-refractivity contribution is -0.140. The molecule has 2 N–H and O–H groups in total. The summed E-state index contributed by atoms with van der Waals surface area (Å²) in [5, 5.41) is 20.4. The Bertz CT molecular complexity index is 991. The molecule has 0 saturated carbocycles. The third kappa shape index (κ3) is 3.97. The van der Waals surface area contributed by atoms with Gasteiger partial charge in [0.05, 0.1) is 18.7 Å². The minimum atomic E-state index is -0.912. The Morgan fingerprint density at radius 1 is 1.24 bits per heavy atom. The van der Waals surface area contributed by atoms with Gasteiger partial charge in [-0.3, -0.25) is 9.59 Å². The van der Waals surface area contributed by atoms with E-state index >= 15 is 0 Å². The minimum Gasteiger partial charge on any atom is -0.507 e. The third-order valence-electron chi connectivity index (χ3n) is 4.69. The van der Waals surface area contributed by atoms with Crippen molar-refractivity contribution in [1.82, 2.24) is 4.90 Å². The molecule has 0 spiro atoms. The van der Waals surface area contributed by atoms with Crippen molar-refractivity contribution in [3.63, 3.8) is 0 Å². The van der Waals surface area contributed by atoms with Gasteiger partial charge >= 0.3 is 0 Å². The minimum absolute atomic E-state index is 0.0173. The van der Waals surface area contributed by atoms with Gasteiger partial charge in [-0.15, -0.1) is 0 Å². The lowest BCUT2D eigenvalue weighted by Crippen LogP contribution is -2.31. The summed E-state index contributed by atoms with van der Waals surface area (Å²) in [6.07, 6.45) is 0.251. The van der Waals surface area contributed by atoms with Gasteiger partial charge in [0.2, 0.25) is 0 Å². The average molecular weight is 420 g/mol. The smallest absolute Gasteiger partial charge is 0.295 e. The van der Waals surface area contributed by atoms with Gasteiger partial charge in [-0.2, -0.15) is 0 Å². The number of aliphatic hydroxyl groups is 2. The van der Waals surface area contributed by atoms with E-state index in [1.54, 1.807) is 24.3 Å². The molecule has 1 amide bonds. The SMILES string of the molecule is COc1ccc(C(O)=C2C(=O)C(=O)N(CCCO)C2c2cccc(Cl)c2)cc1F. The number of halogens is 2. The monoisotopic (exact) mass is 419 g/mol. The van der Waals surface area contributed by atoms with Crippen LogP contribution in [0.5, 0.6) is 5.75 Å². The number of benzene rings is 2. The predicted molar refractivity (Wildman–Crippen MR) is 105 cm³/mol. The fourth-order valence-electron chi connectivity index (χ4n) is 3.34. The quantitative estimate of drug-likeness (QED) is 0.426. The van der Waals surface area contributed by atoms with Gasteiger partial charge in [-0.25, -0.2) is 4.39 Å². The second-order valence-electron chi connectivity index (χ2n) is 6.47. The Labute approximate surface area is 171 Å². The largest absolute Gasteiger partial charge is 0.507 e. The van der Waals surface area contributed by atoms with E-state index in [-0.39, 0.29) is 36.5 Å². The predicted octanol–water partition coefficient (Wildman–Crippen LogP) is 3.29. The van der Waals surface area contributed by atoms with Gasteiger partial charge in [-0.1, -0.05) is 23.7 Å². The number of likely N-dealkylation sites (tertiary alicyclic amines) is 1. The first-order valence-corrected chi connectivity index (χ1v) is 9.25. The molecule has 3 rings (SSSR count). The molecule has 0 radical (unpaired) electrons. The molecule has 1 aliphatic heterocycles. The number of nitrogens with zero attached hydrogens (tertiary/aromatic N) is 1. The number of hydrogen-bond donors (Lipinski definition) is 2. The molecule has 1 heterocycles. The van der Waals surface area contributed by atoms with Crippen molar-refractivity contribution in [3.8, 4) is 5.75 Å². The fraction of sp³-hybridized carbons (Fsp3) is 0.238. The molecular weight excluding hydrogens is 401 g/mol. The number of methoxy groups -OCH3 is 1. The van der Waals surface area contributed by atoms with E-state index < -0.39 is 29.3 Å². The first-order chi connectivity index (χ1) is 13.9. The number of hydrogen-bond acceptors (Lipinski definition) is 5. The van der Waals surface area contributed by atoms with Crippen LogP contribution in [0.3, 0.4) is 0 Å². The highest BCUT2D eigenvalue weighted by atomic mass is 35.5. The van der Waals surface area contributed by atoms with Crippen LogP contribution in [0.2, 0.25) is 5.02 Å². The van der Waals surface area contributed by atoms with Crippen LogP contribution in [0, 0.1) is 5.82 Å². The molecule has 1 unspecified atom stereocenters. The van der Waals surface area contributed by atoms with E-state index in [4.69, 9.17) is 21.4 Å². The molecule has 29 heavy (non-hydrogen) atoms. The van der Waals surface area contributed by atoms with Crippen LogP contribution in [0.15, 0.2) is 48.0 Å². The first-order valence-electron chi connectivity index (χ1n) is 8.87. The zero-order valence-electron chi connectivity index (χ0n) is 15.6. The summed E-state index contributed by atoms with van der Waals surface area (Å²) in [6.45, 7) is -0.0685. The maximum Gasteiger partial charge on any atom is 0.295 e. The van der Waals surface area contributed by atoms with Crippen LogP contribution in [0.25, 0.3) is 5.76 Å². The van der Waals surface area contributed by atoms with E-state index in [1.807, 2.05) is 0 Å². The Balaban J connectivity index is 2.17. The molecule has 2 aromatic carbocycles. The van der Waals surface area contributed by atoms with E-state index in [2.05, 4.69) is 0 Å². The van der Waals surface area contributed by atoms with Crippen molar-refractivity contribution in [3.05, 3.63) is 70.0 Å². The molecule has 152 valence electrons. The Kier molecular flexibility index (Phi) is 6.20. The maximum atomic E-state index is 14.1. The topological polar surface area (TPSA) is 87.1 Å². The van der Waals surface area contributed by atoms with Crippen molar-refractivity contribution in [1.29, 1.82) is 0 Å². The van der Waals surface area contributed by atoms with Crippen molar-refractivity contribution >= 4 is 29.1 Å². The van der Waals surface area contributed by atoms with Crippen molar-refractivity contribution in [2.24, 2.45) is 0 Å². The molecule has 8 heteroatoms. The van der Waals surface area contributed by atoms with Gasteiger partial charge in [0.25, 0.3) is 11.7 Å². The number of ketones is 1. The highest BCUT2D eigenvalue weighted by Crippen LogP contribution is 2.40. The Morgan fingerprint density at radius 2 is 2.00 bits per heavy atom. The molecule has 6 nitrogen and oxygen atoms in total. The van der Waals surface area contributed by atoms with Gasteiger partial charge < -0.3 is 19.8 Å². The number of aliphatic hydroxyl groups excluding tert-OH is 2. The first kappa shape index (κ1) is 20.8. The second-order valence-corrected chi connectivity index (χ2v) is 6.91. The molecule has 1 aliphatic rings. The molecule has 1 fully saturated rings. The highest BCUT2D eigenvalue weighted by Gasteiger charge is 2.45. The van der Waals surface area contributed by atoms with Gasteiger partial charge in [0.15, 0.2) is 11.6 Å². The zero-order valence-corrected chi connectivity index (χ0v) is 16.3. The summed E-state index contributed by atoms with van der Waals surface area (Å²) >= 11 is 6.08. The number of carbonyl (C=O) groups is 2. The molecule has 2 aromatic rings. The molecular formula is C21H19ClFNO5. The number of Topliss-reactive ketones (excluding diaryl/α,β-unsaturated/α-hetero) is 1. The Morgan fingerprint density at radius 3 is 2.62 bits per heavy atom. The van der Waals surface area contributed by atoms with Gasteiger partial charge in [0, 0.05) is 23.7 Å². The summed E-state index contributed by atoms with van der Waals surface area (Å²) < 4.78 is 19.0. The lowest BCUT2D eigenvalue weighted by atomic mass is 9.95. The summed E-state index contributed by atoms with van der Waals surface area (Å²) in [5.41, 5.74) is 0.389. The fourth-order valence-corrected chi connectivity index (χ4v) is 3.54. The standard InChI is InChI=1S/C21H19ClFNO5/c1-29-16-7-6-13(11-15(16)23)19(26)17-18(12-4-2-5-14(22)10-12)24(8-3-9-25)21(28)20(17)27/h2,4-7,10-11,18,25-26H,3,8-9H2,1H3. The summed E-state index contributed by atoms with van der Waals surface area (Å²) in [7, 11) is 1.31. The molecule has 0 aliphatic carbocycles. The van der Waals surface area contributed by atoms with E-state index in [1.165, 1.54) is 24.1 Å². The molecule has 0 bridgehead atoms. The summed E-state index contributed by atoms with van der Waals surface area (Å²) in [6, 6.07) is 9.41. The molecule has 1 atom stereocenters. The highest BCUT2D eigenvalue weighted by molar-refractivity contribution is 6.46. The van der Waals surface area contributed by atoms with Gasteiger partial charge in [0.1, 0.15) is 5.76 Å². The lowest BCUT2D eigenvalue weighted by Gasteiger charge is -2.25. The van der Waals surface area contributed by atoms with Crippen LogP contribution in [-0.2, 0) is 9.59 Å². The second kappa shape index (κ2) is 8.63. The van der Waals surface area contributed by atoms with Crippen LogP contribution >= 0.6 is 11.6 Å². The summed E-state index contributed by atoms with van der Waals surface area (Å²) in [5.74, 6) is -2.93. The maximum absolute atomic E-state index is 14.1. The van der Waals surface area contributed by atoms with E-state index in [9.17, 15) is 19.1 Å².